The van der Waals surface area contributed by atoms with Gasteiger partial charge in [0.25, 0.3) is 0 Å². The highest BCUT2D eigenvalue weighted by molar-refractivity contribution is 7.80. The molecule has 0 spiro atoms. The summed E-state index contributed by atoms with van der Waals surface area (Å²) in [6.45, 7) is 1.55. The first-order chi connectivity index (χ1) is 9.00. The first-order valence-electron chi connectivity index (χ1n) is 5.47. The van der Waals surface area contributed by atoms with Gasteiger partial charge in [0.05, 0.1) is 5.69 Å². The van der Waals surface area contributed by atoms with E-state index in [0.717, 1.165) is 0 Å². The number of anilines is 2. The molecule has 0 aliphatic carbocycles. The molecule has 0 atom stereocenters. The van der Waals surface area contributed by atoms with Crippen molar-refractivity contribution in [1.82, 2.24) is 4.98 Å². The summed E-state index contributed by atoms with van der Waals surface area (Å²) in [6, 6.07) is 5.78. The zero-order valence-corrected chi connectivity index (χ0v) is 10.9. The highest BCUT2D eigenvalue weighted by Crippen LogP contribution is 2.26. The van der Waals surface area contributed by atoms with Crippen molar-refractivity contribution < 1.29 is 8.78 Å². The molecule has 2 aromatic rings. The average molecular weight is 279 g/mol. The minimum atomic E-state index is -0.694. The molecule has 19 heavy (non-hydrogen) atoms. The van der Waals surface area contributed by atoms with E-state index in [0.29, 0.717) is 11.3 Å². The van der Waals surface area contributed by atoms with E-state index in [1.807, 2.05) is 0 Å². The van der Waals surface area contributed by atoms with Crippen LogP contribution in [-0.4, -0.2) is 9.97 Å². The third-order valence-electron chi connectivity index (χ3n) is 2.58. The fraction of sp³-hybridized carbons (Fsp3) is 0.0769. The van der Waals surface area contributed by atoms with Gasteiger partial charge in [-0.3, -0.25) is 4.98 Å². The van der Waals surface area contributed by atoms with Crippen LogP contribution in [0.5, 0.6) is 0 Å². The van der Waals surface area contributed by atoms with E-state index < -0.39 is 11.6 Å². The molecule has 0 bridgehead atoms. The van der Waals surface area contributed by atoms with Gasteiger partial charge in [0.1, 0.15) is 22.2 Å². The molecule has 0 aliphatic rings. The largest absolute Gasteiger partial charge is 0.388 e. The monoisotopic (exact) mass is 279 g/mol. The molecule has 0 saturated carbocycles. The normalized spacial score (nSPS) is 10.3. The fourth-order valence-corrected chi connectivity index (χ4v) is 1.77. The number of pyridine rings is 1. The summed E-state index contributed by atoms with van der Waals surface area (Å²) in [4.78, 5) is 4.03. The Morgan fingerprint density at radius 1 is 1.32 bits per heavy atom. The van der Waals surface area contributed by atoms with Gasteiger partial charge in [0.2, 0.25) is 0 Å². The topological polar surface area (TPSA) is 50.9 Å². The van der Waals surface area contributed by atoms with E-state index in [1.54, 1.807) is 19.1 Å². The maximum absolute atomic E-state index is 13.9. The van der Waals surface area contributed by atoms with Crippen LogP contribution in [-0.2, 0) is 0 Å². The van der Waals surface area contributed by atoms with Gasteiger partial charge in [-0.1, -0.05) is 18.3 Å². The molecule has 3 nitrogen and oxygen atoms in total. The van der Waals surface area contributed by atoms with Gasteiger partial charge in [0.15, 0.2) is 5.82 Å². The van der Waals surface area contributed by atoms with Crippen LogP contribution < -0.4 is 11.1 Å². The van der Waals surface area contributed by atoms with Crippen molar-refractivity contribution in [1.29, 1.82) is 0 Å². The lowest BCUT2D eigenvalue weighted by Gasteiger charge is -2.12. The standard InChI is InChI=1S/C13H11F2N3S/c1-7-4-5-8(14)11(10(7)15)18-9-3-2-6-17-12(9)13(16)19/h2-6,18H,1H3,(H2,16,19). The number of nitrogens with one attached hydrogen (secondary N) is 1. The average Bonchev–Trinajstić information content (AvgIpc) is 2.39. The first kappa shape index (κ1) is 13.4. The molecule has 0 aliphatic heterocycles. The Kier molecular flexibility index (Phi) is 3.71. The second-order valence-electron chi connectivity index (χ2n) is 3.94. The molecule has 2 rings (SSSR count). The molecule has 6 heteroatoms. The number of aromatic nitrogens is 1. The van der Waals surface area contributed by atoms with E-state index in [-0.39, 0.29) is 16.4 Å². The third-order valence-corrected chi connectivity index (χ3v) is 2.78. The molecule has 1 heterocycles. The number of thiocarbonyl (C=S) groups is 1. The van der Waals surface area contributed by atoms with Gasteiger partial charge < -0.3 is 11.1 Å². The Hall–Kier alpha value is -2.08. The van der Waals surface area contributed by atoms with Gasteiger partial charge >= 0.3 is 0 Å². The van der Waals surface area contributed by atoms with Gasteiger partial charge in [-0.25, -0.2) is 8.78 Å². The van der Waals surface area contributed by atoms with Gasteiger partial charge in [-0.2, -0.15) is 0 Å². The van der Waals surface area contributed by atoms with Crippen molar-refractivity contribution in [2.24, 2.45) is 5.73 Å². The lowest BCUT2D eigenvalue weighted by molar-refractivity contribution is 0.585. The van der Waals surface area contributed by atoms with Crippen molar-refractivity contribution >= 4 is 28.6 Å². The lowest BCUT2D eigenvalue weighted by Crippen LogP contribution is -2.14. The number of benzene rings is 1. The maximum atomic E-state index is 13.9. The molecule has 0 amide bonds. The molecule has 0 fully saturated rings. The summed E-state index contributed by atoms with van der Waals surface area (Å²) >= 11 is 4.85. The Labute approximate surface area is 114 Å². The minimum Gasteiger partial charge on any atom is -0.388 e. The number of nitrogens with zero attached hydrogens (tertiary/aromatic N) is 1. The van der Waals surface area contributed by atoms with E-state index in [1.165, 1.54) is 18.3 Å². The summed E-state index contributed by atoms with van der Waals surface area (Å²) < 4.78 is 27.6. The summed E-state index contributed by atoms with van der Waals surface area (Å²) in [7, 11) is 0. The van der Waals surface area contributed by atoms with Crippen LogP contribution in [0.3, 0.4) is 0 Å². The number of aryl methyl sites for hydroxylation is 1. The highest BCUT2D eigenvalue weighted by Gasteiger charge is 2.14. The summed E-state index contributed by atoms with van der Waals surface area (Å²) in [6.07, 6.45) is 1.50. The van der Waals surface area contributed by atoms with E-state index >= 15 is 0 Å². The van der Waals surface area contributed by atoms with Crippen LogP contribution in [0.2, 0.25) is 0 Å². The first-order valence-corrected chi connectivity index (χ1v) is 5.88. The zero-order chi connectivity index (χ0) is 14.0. The van der Waals surface area contributed by atoms with E-state index in [2.05, 4.69) is 10.3 Å². The summed E-state index contributed by atoms with van der Waals surface area (Å²) in [5.41, 5.74) is 6.26. The zero-order valence-electron chi connectivity index (χ0n) is 10.1. The van der Waals surface area contributed by atoms with Crippen LogP contribution in [0.1, 0.15) is 11.3 Å². The number of hydrogen-bond donors (Lipinski definition) is 2. The van der Waals surface area contributed by atoms with Crippen molar-refractivity contribution in [3.05, 3.63) is 53.4 Å². The molecular formula is C13H11F2N3S. The van der Waals surface area contributed by atoms with Crippen molar-refractivity contribution in [2.75, 3.05) is 5.32 Å². The third kappa shape index (κ3) is 2.68. The molecule has 0 saturated heterocycles. The Balaban J connectivity index is 2.48. The Morgan fingerprint density at radius 2 is 2.05 bits per heavy atom. The van der Waals surface area contributed by atoms with Gasteiger partial charge in [0, 0.05) is 6.20 Å². The second-order valence-corrected chi connectivity index (χ2v) is 4.38. The van der Waals surface area contributed by atoms with Crippen molar-refractivity contribution in [3.8, 4) is 0 Å². The summed E-state index contributed by atoms with van der Waals surface area (Å²) in [5, 5.41) is 2.65. The summed E-state index contributed by atoms with van der Waals surface area (Å²) in [5.74, 6) is -1.35. The molecule has 0 radical (unpaired) electrons. The van der Waals surface area contributed by atoms with Crippen molar-refractivity contribution in [2.45, 2.75) is 6.92 Å². The number of halogens is 2. The molecule has 1 aromatic carbocycles. The fourth-order valence-electron chi connectivity index (χ4n) is 1.61. The molecule has 1 aromatic heterocycles. The minimum absolute atomic E-state index is 0.0524. The molecule has 0 unspecified atom stereocenters. The Bertz CT molecular complexity index is 644. The number of nitrogens with two attached hydrogens (primary N) is 1. The second kappa shape index (κ2) is 5.27. The molecule has 98 valence electrons. The molecular weight excluding hydrogens is 268 g/mol. The number of rotatable bonds is 3. The SMILES string of the molecule is Cc1ccc(F)c(Nc2cccnc2C(N)=S)c1F. The Morgan fingerprint density at radius 3 is 2.74 bits per heavy atom. The van der Waals surface area contributed by atoms with Crippen molar-refractivity contribution in [3.63, 3.8) is 0 Å². The van der Waals surface area contributed by atoms with Crippen LogP contribution in [0, 0.1) is 18.6 Å². The predicted octanol–water partition coefficient (Wildman–Crippen LogP) is 3.05. The highest BCUT2D eigenvalue weighted by atomic mass is 32.1. The van der Waals surface area contributed by atoms with Crippen LogP contribution >= 0.6 is 12.2 Å². The van der Waals surface area contributed by atoms with Gasteiger partial charge in [-0.05, 0) is 30.7 Å². The lowest BCUT2D eigenvalue weighted by atomic mass is 10.2. The van der Waals surface area contributed by atoms with Crippen LogP contribution in [0.4, 0.5) is 20.2 Å². The van der Waals surface area contributed by atoms with E-state index in [9.17, 15) is 8.78 Å². The smallest absolute Gasteiger partial charge is 0.152 e. The van der Waals surface area contributed by atoms with Gasteiger partial charge in [-0.15, -0.1) is 0 Å². The van der Waals surface area contributed by atoms with Crippen LogP contribution in [0.25, 0.3) is 0 Å². The predicted molar refractivity (Wildman–Crippen MR) is 74.5 cm³/mol. The quantitative estimate of drug-likeness (QED) is 0.848. The maximum Gasteiger partial charge on any atom is 0.152 e. The molecule has 3 N–H and O–H groups in total. The number of hydrogen-bond acceptors (Lipinski definition) is 3. The van der Waals surface area contributed by atoms with E-state index in [4.69, 9.17) is 18.0 Å². The van der Waals surface area contributed by atoms with Crippen LogP contribution in [0.15, 0.2) is 30.5 Å².